The largest absolute Gasteiger partial charge is 0.462 e. The summed E-state index contributed by atoms with van der Waals surface area (Å²) >= 11 is 0. The van der Waals surface area contributed by atoms with E-state index in [4.69, 9.17) is 4.74 Å². The van der Waals surface area contributed by atoms with Gasteiger partial charge in [-0.25, -0.2) is 0 Å². The Hall–Kier alpha value is -0.790. The van der Waals surface area contributed by atoms with Gasteiger partial charge in [0.2, 0.25) is 0 Å². The first kappa shape index (κ1) is 23.2. The molecule has 0 aromatic heterocycles. The van der Waals surface area contributed by atoms with Crippen molar-refractivity contribution in [2.45, 2.75) is 99.3 Å². The van der Waals surface area contributed by atoms with Crippen LogP contribution in [0.5, 0.6) is 0 Å². The Labute approximate surface area is 151 Å². The van der Waals surface area contributed by atoms with E-state index in [9.17, 15) is 4.79 Å². The molecule has 2 heteroatoms. The van der Waals surface area contributed by atoms with Gasteiger partial charge in [0.1, 0.15) is 6.61 Å². The van der Waals surface area contributed by atoms with E-state index in [0.29, 0.717) is 6.61 Å². The minimum atomic E-state index is -0.203. The number of hydrogen-bond donors (Lipinski definition) is 0. The highest BCUT2D eigenvalue weighted by atomic mass is 16.6. The Morgan fingerprint density at radius 3 is 1.83 bits per heavy atom. The van der Waals surface area contributed by atoms with Crippen LogP contribution in [0.25, 0.3) is 0 Å². The number of carbonyl (C=O) groups excluding carboxylic acids is 1. The van der Waals surface area contributed by atoms with Crippen LogP contribution in [0.15, 0.2) is 11.6 Å². The average Bonchev–Trinajstić information content (AvgIpc) is 2.46. The first-order chi connectivity index (χ1) is 11.3. The Kier molecular flexibility index (Phi) is 14.1. The number of allylic oxidation sites excluding steroid dienone is 1. The maximum Gasteiger partial charge on any atom is 0.302 e. The van der Waals surface area contributed by atoms with E-state index in [1.807, 2.05) is 6.08 Å². The third kappa shape index (κ3) is 16.1. The summed E-state index contributed by atoms with van der Waals surface area (Å²) in [6.45, 7) is 13.5. The monoisotopic (exact) mass is 346 g/mol. The fourth-order valence-corrected chi connectivity index (χ4v) is 3.11. The van der Waals surface area contributed by atoms with Crippen LogP contribution in [0.4, 0.5) is 0 Å². The molecule has 0 N–H and O–H groups in total. The van der Waals surface area contributed by atoms with E-state index in [1.54, 1.807) is 0 Å². The number of hydrogen-bond acceptors (Lipinski definition) is 2. The zero-order valence-electron chi connectivity index (χ0n) is 17.2. The summed E-state index contributed by atoms with van der Waals surface area (Å²) in [7, 11) is 0. The predicted molar refractivity (Wildman–Crippen MR) is 105 cm³/mol. The van der Waals surface area contributed by atoms with Gasteiger partial charge in [0.25, 0.3) is 0 Å². The Balaban J connectivity index is 3.61. The third-order valence-corrected chi connectivity index (χ3v) is 4.86. The number of carbonyl (C=O) groups is 1. The first-order valence-electron chi connectivity index (χ1n) is 10.1. The normalized spacial score (nSPS) is 15.8. The molecule has 0 aliphatic heterocycles. The van der Waals surface area contributed by atoms with Gasteiger partial charge in [-0.1, -0.05) is 78.2 Å². The molecule has 0 aliphatic rings. The third-order valence-electron chi connectivity index (χ3n) is 4.86. The van der Waals surface area contributed by atoms with Gasteiger partial charge in [-0.15, -0.1) is 0 Å². The van der Waals surface area contributed by atoms with Crippen molar-refractivity contribution in [3.05, 3.63) is 11.6 Å². The molecule has 0 radical (unpaired) electrons. The van der Waals surface area contributed by atoms with Crippen LogP contribution in [0.3, 0.4) is 0 Å². The lowest BCUT2D eigenvalue weighted by atomic mass is 10.1. The molecule has 0 amide bonds. The summed E-state index contributed by atoms with van der Waals surface area (Å²) in [5, 5.41) is 0. The van der Waals surface area contributed by atoms with Gasteiger partial charge >= 0.3 is 5.97 Å². The summed E-state index contributed by atoms with van der Waals surface area (Å²) in [4.78, 5) is 10.7. The quantitative estimate of drug-likeness (QED) is 0.193. The van der Waals surface area contributed by atoms with E-state index in [0.717, 1.165) is 24.2 Å². The second-order valence-electron chi connectivity index (χ2n) is 8.21. The fourth-order valence-electron chi connectivity index (χ4n) is 3.11. The molecule has 2 nitrogen and oxygen atoms in total. The summed E-state index contributed by atoms with van der Waals surface area (Å²) in [6, 6.07) is 0. The highest BCUT2D eigenvalue weighted by Crippen LogP contribution is 2.21. The van der Waals surface area contributed by atoms with Gasteiger partial charge in [-0.3, -0.25) is 4.79 Å². The Morgan fingerprint density at radius 1 is 0.833 bits per heavy atom. The molecule has 0 heterocycles. The molecule has 0 aromatic carbocycles. The van der Waals surface area contributed by atoms with Crippen molar-refractivity contribution < 1.29 is 9.53 Å². The summed E-state index contributed by atoms with van der Waals surface area (Å²) in [6.07, 6.45) is 14.0. The van der Waals surface area contributed by atoms with E-state index in [-0.39, 0.29) is 5.97 Å². The number of esters is 1. The van der Waals surface area contributed by atoms with E-state index < -0.39 is 0 Å². The van der Waals surface area contributed by atoms with Crippen LogP contribution < -0.4 is 0 Å². The maximum atomic E-state index is 10.7. The number of rotatable bonds is 14. The highest BCUT2D eigenvalue weighted by molar-refractivity contribution is 5.66. The molecule has 0 bridgehead atoms. The Morgan fingerprint density at radius 2 is 1.33 bits per heavy atom. The zero-order valence-corrected chi connectivity index (χ0v) is 17.2. The van der Waals surface area contributed by atoms with E-state index >= 15 is 0 Å². The molecule has 0 spiro atoms. The molecule has 24 heavy (non-hydrogen) atoms. The van der Waals surface area contributed by atoms with Crippen LogP contribution in [-0.4, -0.2) is 12.6 Å². The smallest absolute Gasteiger partial charge is 0.302 e. The maximum absolute atomic E-state index is 10.7. The second kappa shape index (κ2) is 14.5. The van der Waals surface area contributed by atoms with Gasteiger partial charge in [0, 0.05) is 6.92 Å². The average molecular weight is 347 g/mol. The minimum absolute atomic E-state index is 0.203. The molecule has 0 aliphatic carbocycles. The molecule has 0 saturated carbocycles. The zero-order chi connectivity index (χ0) is 18.4. The molecule has 0 fully saturated rings. The van der Waals surface area contributed by atoms with Crippen molar-refractivity contribution in [2.24, 2.45) is 17.8 Å². The van der Waals surface area contributed by atoms with Crippen LogP contribution >= 0.6 is 0 Å². The molecule has 3 unspecified atom stereocenters. The number of ether oxygens (including phenoxy) is 1. The standard InChI is InChI=1S/C22H42O2/c1-18(2)10-7-11-19(3)12-8-13-20(4)14-9-15-21(5)16-17-24-22(6)23/h16,18-20H,7-15,17H2,1-6H3/b21-16+/i1+1,3+1,4+1,5+1,7+1,8+1,9+1,17+1. The summed E-state index contributed by atoms with van der Waals surface area (Å²) in [5.74, 6) is 2.37. The SMILES string of the molecule is CC(=O)O[13CH2]/C=C(\[13CH3])C[13CH2]CC([13CH3])C[13CH2]CC([13CH3])C[13CH2]CC(C)[13CH3]. The van der Waals surface area contributed by atoms with Gasteiger partial charge in [-0.2, -0.15) is 0 Å². The molecule has 0 rings (SSSR count). The van der Waals surface area contributed by atoms with Crippen LogP contribution in [-0.2, 0) is 9.53 Å². The van der Waals surface area contributed by atoms with Gasteiger partial charge in [-0.05, 0) is 43.6 Å². The molecular weight excluding hydrogens is 304 g/mol. The van der Waals surface area contributed by atoms with Crippen LogP contribution in [0.1, 0.15) is 99.3 Å². The van der Waals surface area contributed by atoms with Crippen LogP contribution in [0.2, 0.25) is 0 Å². The van der Waals surface area contributed by atoms with Gasteiger partial charge < -0.3 is 4.74 Å². The first-order valence-corrected chi connectivity index (χ1v) is 10.1. The van der Waals surface area contributed by atoms with Crippen molar-refractivity contribution in [2.75, 3.05) is 6.61 Å². The van der Waals surface area contributed by atoms with Gasteiger partial charge in [0.15, 0.2) is 0 Å². The molecule has 3 atom stereocenters. The predicted octanol–water partition coefficient (Wildman–Crippen LogP) is 6.93. The van der Waals surface area contributed by atoms with Gasteiger partial charge in [0.05, 0.1) is 0 Å². The summed E-state index contributed by atoms with van der Waals surface area (Å²) < 4.78 is 4.94. The summed E-state index contributed by atoms with van der Waals surface area (Å²) in [5.41, 5.74) is 1.34. The van der Waals surface area contributed by atoms with E-state index in [2.05, 4.69) is 34.6 Å². The van der Waals surface area contributed by atoms with Crippen molar-refractivity contribution in [1.82, 2.24) is 0 Å². The highest BCUT2D eigenvalue weighted by Gasteiger charge is 2.06. The molecule has 142 valence electrons. The molecular formula is C22H42O2. The minimum Gasteiger partial charge on any atom is -0.462 e. The van der Waals surface area contributed by atoms with Crippen LogP contribution in [0, 0.1) is 17.8 Å². The topological polar surface area (TPSA) is 26.3 Å². The van der Waals surface area contributed by atoms with E-state index in [1.165, 1.54) is 63.9 Å². The molecule has 0 saturated heterocycles. The van der Waals surface area contributed by atoms with Crippen molar-refractivity contribution in [3.63, 3.8) is 0 Å². The lowest BCUT2D eigenvalue weighted by Gasteiger charge is -2.15. The van der Waals surface area contributed by atoms with Crippen molar-refractivity contribution in [1.29, 1.82) is 0 Å². The fraction of sp³-hybridized carbons (Fsp3) is 0.864. The Bertz CT molecular complexity index is 344. The lowest BCUT2D eigenvalue weighted by Crippen LogP contribution is -2.00. The second-order valence-corrected chi connectivity index (χ2v) is 8.21. The lowest BCUT2D eigenvalue weighted by molar-refractivity contribution is -0.139. The van der Waals surface area contributed by atoms with Crippen molar-refractivity contribution in [3.8, 4) is 0 Å². The van der Waals surface area contributed by atoms with Crippen molar-refractivity contribution >= 4 is 5.97 Å². The molecule has 0 aromatic rings.